The number of benzene rings is 2. The van der Waals surface area contributed by atoms with Gasteiger partial charge in [-0.25, -0.2) is 0 Å². The van der Waals surface area contributed by atoms with E-state index in [1.807, 2.05) is 36.4 Å². The number of hydrogen-bond donors (Lipinski definition) is 0. The number of ether oxygens (including phenoxy) is 2. The van der Waals surface area contributed by atoms with E-state index in [-0.39, 0.29) is 11.9 Å². The molecule has 146 valence electrons. The van der Waals surface area contributed by atoms with Crippen LogP contribution in [0.25, 0.3) is 5.57 Å². The molecule has 0 radical (unpaired) electrons. The zero-order valence-electron chi connectivity index (χ0n) is 16.4. The van der Waals surface area contributed by atoms with Crippen LogP contribution in [0.2, 0.25) is 0 Å². The van der Waals surface area contributed by atoms with E-state index in [0.717, 1.165) is 22.3 Å². The molecular formula is C24H26O4. The van der Waals surface area contributed by atoms with Crippen LogP contribution >= 0.6 is 0 Å². The first kappa shape index (κ1) is 19.9. The molecule has 1 fully saturated rings. The molecule has 0 N–H and O–H groups in total. The average Bonchev–Trinajstić information content (AvgIpc) is 3.15. The molecule has 2 atom stereocenters. The average molecular weight is 378 g/mol. The summed E-state index contributed by atoms with van der Waals surface area (Å²) in [6.45, 7) is 4.16. The van der Waals surface area contributed by atoms with Gasteiger partial charge in [0.05, 0.1) is 25.0 Å². The Balaban J connectivity index is 2.07. The van der Waals surface area contributed by atoms with Gasteiger partial charge in [-0.1, -0.05) is 66.2 Å². The van der Waals surface area contributed by atoms with Crippen molar-refractivity contribution in [2.75, 3.05) is 13.2 Å². The maximum Gasteiger partial charge on any atom is 0.310 e. The summed E-state index contributed by atoms with van der Waals surface area (Å²) < 4.78 is 10.5. The molecule has 0 unspecified atom stereocenters. The lowest BCUT2D eigenvalue weighted by molar-refractivity contribution is -0.158. The molecule has 1 aliphatic carbocycles. The summed E-state index contributed by atoms with van der Waals surface area (Å²) in [6, 6.07) is 20.2. The van der Waals surface area contributed by atoms with Crippen molar-refractivity contribution in [1.82, 2.24) is 0 Å². The van der Waals surface area contributed by atoms with Crippen molar-refractivity contribution < 1.29 is 19.1 Å². The van der Waals surface area contributed by atoms with E-state index in [1.165, 1.54) is 0 Å². The lowest BCUT2D eigenvalue weighted by atomic mass is 9.92. The molecule has 1 saturated carbocycles. The van der Waals surface area contributed by atoms with Crippen LogP contribution in [0.5, 0.6) is 0 Å². The van der Waals surface area contributed by atoms with E-state index < -0.39 is 11.8 Å². The third-order valence-electron chi connectivity index (χ3n) is 5.08. The van der Waals surface area contributed by atoms with Crippen LogP contribution in [0.4, 0.5) is 0 Å². The molecule has 0 aromatic heterocycles. The molecule has 0 bridgehead atoms. The highest BCUT2D eigenvalue weighted by Crippen LogP contribution is 2.43. The van der Waals surface area contributed by atoms with Crippen molar-refractivity contribution >= 4 is 17.5 Å². The van der Waals surface area contributed by atoms with Gasteiger partial charge >= 0.3 is 11.9 Å². The van der Waals surface area contributed by atoms with Crippen LogP contribution in [0.3, 0.4) is 0 Å². The minimum atomic E-state index is -0.503. The molecule has 4 nitrogen and oxygen atoms in total. The maximum absolute atomic E-state index is 12.6. The SMILES string of the molecule is CCOC(=O)[C@H]1CC(=C(c2ccccc2)c2ccccc2)C[C@H]1C(=O)OCC. The van der Waals surface area contributed by atoms with Gasteiger partial charge in [0.1, 0.15) is 0 Å². The van der Waals surface area contributed by atoms with E-state index in [1.54, 1.807) is 13.8 Å². The monoisotopic (exact) mass is 378 g/mol. The van der Waals surface area contributed by atoms with Gasteiger partial charge in [0.15, 0.2) is 0 Å². The van der Waals surface area contributed by atoms with Crippen LogP contribution in [-0.2, 0) is 19.1 Å². The van der Waals surface area contributed by atoms with E-state index in [0.29, 0.717) is 26.1 Å². The minimum absolute atomic E-state index is 0.300. The zero-order valence-corrected chi connectivity index (χ0v) is 16.4. The number of esters is 2. The Morgan fingerprint density at radius 3 is 1.50 bits per heavy atom. The predicted molar refractivity (Wildman–Crippen MR) is 108 cm³/mol. The molecule has 2 aromatic rings. The lowest BCUT2D eigenvalue weighted by Crippen LogP contribution is -2.28. The first-order chi connectivity index (χ1) is 13.7. The summed E-state index contributed by atoms with van der Waals surface area (Å²) in [6.07, 6.45) is 1.00. The van der Waals surface area contributed by atoms with Crippen LogP contribution < -0.4 is 0 Å². The standard InChI is InChI=1S/C24H26O4/c1-3-27-23(25)20-15-19(16-21(20)24(26)28-4-2)22(17-11-7-5-8-12-17)18-13-9-6-10-14-18/h5-14,20-21H,3-4,15-16H2,1-2H3/t20-,21+. The van der Waals surface area contributed by atoms with E-state index in [9.17, 15) is 9.59 Å². The summed E-state index contributed by atoms with van der Waals surface area (Å²) in [5.41, 5.74) is 4.34. The Morgan fingerprint density at radius 1 is 0.750 bits per heavy atom. The second-order valence-electron chi connectivity index (χ2n) is 6.84. The Morgan fingerprint density at radius 2 is 1.14 bits per heavy atom. The summed E-state index contributed by atoms with van der Waals surface area (Å²) in [4.78, 5) is 25.1. The Labute approximate surface area is 166 Å². The van der Waals surface area contributed by atoms with Gasteiger partial charge in [-0.05, 0) is 43.4 Å². The quantitative estimate of drug-likeness (QED) is 0.687. The van der Waals surface area contributed by atoms with Crippen molar-refractivity contribution in [3.8, 4) is 0 Å². The first-order valence-electron chi connectivity index (χ1n) is 9.81. The number of rotatable bonds is 6. The van der Waals surface area contributed by atoms with Gasteiger partial charge in [0.25, 0.3) is 0 Å². The second kappa shape index (κ2) is 9.36. The minimum Gasteiger partial charge on any atom is -0.466 e. The third-order valence-corrected chi connectivity index (χ3v) is 5.08. The highest BCUT2D eigenvalue weighted by Gasteiger charge is 2.43. The van der Waals surface area contributed by atoms with Crippen LogP contribution in [0.15, 0.2) is 66.2 Å². The highest BCUT2D eigenvalue weighted by atomic mass is 16.5. The molecule has 0 spiro atoms. The van der Waals surface area contributed by atoms with Crippen LogP contribution in [0, 0.1) is 11.8 Å². The summed E-state index contributed by atoms with van der Waals surface area (Å²) in [5, 5.41) is 0. The highest BCUT2D eigenvalue weighted by molar-refractivity contribution is 5.88. The zero-order chi connectivity index (χ0) is 19.9. The Hall–Kier alpha value is -2.88. The third kappa shape index (κ3) is 4.33. The number of carbonyl (C=O) groups excluding carboxylic acids is 2. The molecule has 0 heterocycles. The molecule has 2 aromatic carbocycles. The summed E-state index contributed by atoms with van der Waals surface area (Å²) in [7, 11) is 0. The van der Waals surface area contributed by atoms with Gasteiger partial charge in [-0.15, -0.1) is 0 Å². The fourth-order valence-electron chi connectivity index (χ4n) is 3.88. The smallest absolute Gasteiger partial charge is 0.310 e. The molecule has 4 heteroatoms. The van der Waals surface area contributed by atoms with Gasteiger partial charge in [0.2, 0.25) is 0 Å². The van der Waals surface area contributed by atoms with E-state index >= 15 is 0 Å². The van der Waals surface area contributed by atoms with Gasteiger partial charge in [0, 0.05) is 0 Å². The lowest BCUT2D eigenvalue weighted by Gasteiger charge is -2.15. The second-order valence-corrected chi connectivity index (χ2v) is 6.84. The number of carbonyl (C=O) groups is 2. The van der Waals surface area contributed by atoms with Gasteiger partial charge in [-0.2, -0.15) is 0 Å². The van der Waals surface area contributed by atoms with Crippen molar-refractivity contribution in [2.24, 2.45) is 11.8 Å². The van der Waals surface area contributed by atoms with Gasteiger partial charge in [-0.3, -0.25) is 9.59 Å². The molecule has 0 amide bonds. The molecule has 28 heavy (non-hydrogen) atoms. The number of hydrogen-bond acceptors (Lipinski definition) is 4. The van der Waals surface area contributed by atoms with Gasteiger partial charge < -0.3 is 9.47 Å². The van der Waals surface area contributed by atoms with E-state index in [4.69, 9.17) is 9.47 Å². The Bertz CT molecular complexity index is 770. The van der Waals surface area contributed by atoms with Crippen LogP contribution in [-0.4, -0.2) is 25.2 Å². The van der Waals surface area contributed by atoms with E-state index in [2.05, 4.69) is 24.3 Å². The first-order valence-corrected chi connectivity index (χ1v) is 9.81. The van der Waals surface area contributed by atoms with Crippen molar-refractivity contribution in [1.29, 1.82) is 0 Å². The molecule has 0 aliphatic heterocycles. The molecule has 0 saturated heterocycles. The molecule has 3 rings (SSSR count). The maximum atomic E-state index is 12.6. The summed E-state index contributed by atoms with van der Waals surface area (Å²) in [5.74, 6) is -1.65. The van der Waals surface area contributed by atoms with Crippen molar-refractivity contribution in [3.05, 3.63) is 77.4 Å². The van der Waals surface area contributed by atoms with Crippen molar-refractivity contribution in [3.63, 3.8) is 0 Å². The fourth-order valence-corrected chi connectivity index (χ4v) is 3.88. The summed E-state index contributed by atoms with van der Waals surface area (Å²) >= 11 is 0. The number of allylic oxidation sites excluding steroid dienone is 1. The van der Waals surface area contributed by atoms with Crippen molar-refractivity contribution in [2.45, 2.75) is 26.7 Å². The predicted octanol–water partition coefficient (Wildman–Crippen LogP) is 4.64. The topological polar surface area (TPSA) is 52.6 Å². The van der Waals surface area contributed by atoms with Crippen LogP contribution in [0.1, 0.15) is 37.8 Å². The molecular weight excluding hydrogens is 352 g/mol. The largest absolute Gasteiger partial charge is 0.466 e. The normalized spacial score (nSPS) is 18.6. The molecule has 1 aliphatic rings. The fraction of sp³-hybridized carbons (Fsp3) is 0.333. The Kier molecular flexibility index (Phi) is 6.64.